The molecule has 0 bridgehead atoms. The lowest BCUT2D eigenvalue weighted by Gasteiger charge is -2.00. The Balaban J connectivity index is 2.29. The molecule has 15 heavy (non-hydrogen) atoms. The van der Waals surface area contributed by atoms with Crippen molar-refractivity contribution in [3.63, 3.8) is 0 Å². The van der Waals surface area contributed by atoms with E-state index in [1.807, 2.05) is 6.92 Å². The van der Waals surface area contributed by atoms with Gasteiger partial charge in [0.2, 0.25) is 0 Å². The molecule has 2 rings (SSSR count). The van der Waals surface area contributed by atoms with E-state index in [0.717, 1.165) is 17.0 Å². The molecule has 2 aromatic rings. The van der Waals surface area contributed by atoms with Gasteiger partial charge in [-0.25, -0.2) is 0 Å². The predicted octanol–water partition coefficient (Wildman–Crippen LogP) is 1.67. The van der Waals surface area contributed by atoms with Crippen LogP contribution in [0.5, 0.6) is 0 Å². The number of rotatable bonds is 3. The highest BCUT2D eigenvalue weighted by Crippen LogP contribution is 2.09. The fourth-order valence-electron chi connectivity index (χ4n) is 1.29. The monoisotopic (exact) mass is 223 g/mol. The molecule has 0 atom stereocenters. The Morgan fingerprint density at radius 3 is 2.87 bits per heavy atom. The van der Waals surface area contributed by atoms with Crippen molar-refractivity contribution in [3.8, 4) is 0 Å². The fraction of sp³-hybridized carbons (Fsp3) is 0.200. The molecular formula is C10H9NO3S. The lowest BCUT2D eigenvalue weighted by molar-refractivity contribution is 0.109. The van der Waals surface area contributed by atoms with E-state index >= 15 is 0 Å². The number of carbonyl (C=O) groups excluding carboxylic acids is 1. The van der Waals surface area contributed by atoms with Gasteiger partial charge in [-0.1, -0.05) is 11.3 Å². The number of aryl methyl sites for hydroxylation is 1. The van der Waals surface area contributed by atoms with E-state index in [1.54, 1.807) is 22.1 Å². The van der Waals surface area contributed by atoms with Crippen molar-refractivity contribution in [2.45, 2.75) is 13.5 Å². The number of hydrogen-bond acceptors (Lipinski definition) is 4. The van der Waals surface area contributed by atoms with Crippen molar-refractivity contribution >= 4 is 17.6 Å². The van der Waals surface area contributed by atoms with Gasteiger partial charge in [-0.05, 0) is 19.1 Å². The Bertz CT molecular complexity index is 535. The van der Waals surface area contributed by atoms with Crippen molar-refractivity contribution in [1.29, 1.82) is 0 Å². The molecule has 0 aliphatic carbocycles. The SMILES string of the molecule is Cc1csc(=O)n1Cc1ccc(C=O)o1. The zero-order chi connectivity index (χ0) is 10.8. The highest BCUT2D eigenvalue weighted by Gasteiger charge is 2.06. The molecular weight excluding hydrogens is 214 g/mol. The van der Waals surface area contributed by atoms with Crippen LogP contribution in [-0.4, -0.2) is 10.9 Å². The molecule has 0 unspecified atom stereocenters. The number of aromatic nitrogens is 1. The van der Waals surface area contributed by atoms with Gasteiger partial charge < -0.3 is 4.42 Å². The van der Waals surface area contributed by atoms with Crippen molar-refractivity contribution in [2.75, 3.05) is 0 Å². The number of furan rings is 1. The third-order valence-electron chi connectivity index (χ3n) is 2.09. The molecule has 0 radical (unpaired) electrons. The van der Waals surface area contributed by atoms with Crippen LogP contribution in [0.3, 0.4) is 0 Å². The lowest BCUT2D eigenvalue weighted by atomic mass is 10.4. The maximum absolute atomic E-state index is 11.4. The molecule has 0 fully saturated rings. The molecule has 2 aromatic heterocycles. The minimum absolute atomic E-state index is 0.0171. The van der Waals surface area contributed by atoms with Crippen molar-refractivity contribution < 1.29 is 9.21 Å². The molecule has 4 nitrogen and oxygen atoms in total. The Labute approximate surface area is 89.8 Å². The van der Waals surface area contributed by atoms with E-state index < -0.39 is 0 Å². The number of aldehydes is 1. The Hall–Kier alpha value is -1.62. The van der Waals surface area contributed by atoms with Gasteiger partial charge in [-0.2, -0.15) is 0 Å². The van der Waals surface area contributed by atoms with Gasteiger partial charge in [0.05, 0.1) is 6.54 Å². The second-order valence-corrected chi connectivity index (χ2v) is 3.97. The maximum Gasteiger partial charge on any atom is 0.307 e. The topological polar surface area (TPSA) is 52.2 Å². The molecule has 5 heteroatoms. The van der Waals surface area contributed by atoms with Gasteiger partial charge in [0.1, 0.15) is 5.76 Å². The van der Waals surface area contributed by atoms with Crippen LogP contribution in [0.1, 0.15) is 22.0 Å². The highest BCUT2D eigenvalue weighted by molar-refractivity contribution is 7.07. The molecule has 0 amide bonds. The van der Waals surface area contributed by atoms with Gasteiger partial charge in [-0.3, -0.25) is 14.2 Å². The van der Waals surface area contributed by atoms with Crippen LogP contribution in [0.15, 0.2) is 26.7 Å². The zero-order valence-electron chi connectivity index (χ0n) is 8.10. The minimum atomic E-state index is -0.0171. The summed E-state index contributed by atoms with van der Waals surface area (Å²) in [6, 6.07) is 3.29. The first-order valence-corrected chi connectivity index (χ1v) is 5.27. The number of thiazole rings is 1. The predicted molar refractivity (Wildman–Crippen MR) is 56.5 cm³/mol. The summed E-state index contributed by atoms with van der Waals surface area (Å²) in [5, 5.41) is 1.80. The molecule has 0 aromatic carbocycles. The van der Waals surface area contributed by atoms with Crippen LogP contribution in [-0.2, 0) is 6.54 Å². The van der Waals surface area contributed by atoms with Crippen LogP contribution in [0, 0.1) is 6.92 Å². The van der Waals surface area contributed by atoms with E-state index in [4.69, 9.17) is 4.42 Å². The Kier molecular flexibility index (Phi) is 2.55. The van der Waals surface area contributed by atoms with Crippen molar-refractivity contribution in [1.82, 2.24) is 4.57 Å². The van der Waals surface area contributed by atoms with Crippen LogP contribution < -0.4 is 4.87 Å². The molecule has 0 N–H and O–H groups in total. The summed E-state index contributed by atoms with van der Waals surface area (Å²) in [6.45, 7) is 2.24. The summed E-state index contributed by atoms with van der Waals surface area (Å²) in [7, 11) is 0. The van der Waals surface area contributed by atoms with Crippen molar-refractivity contribution in [3.05, 3.63) is 44.4 Å². The first kappa shape index (κ1) is 9.92. The summed E-state index contributed by atoms with van der Waals surface area (Å²) in [4.78, 5) is 21.8. The smallest absolute Gasteiger partial charge is 0.307 e. The lowest BCUT2D eigenvalue weighted by Crippen LogP contribution is -2.14. The fourth-order valence-corrected chi connectivity index (χ4v) is 2.03. The van der Waals surface area contributed by atoms with E-state index in [0.29, 0.717) is 18.6 Å². The molecule has 0 aliphatic heterocycles. The summed E-state index contributed by atoms with van der Waals surface area (Å²) in [5.74, 6) is 0.895. The minimum Gasteiger partial charge on any atom is -0.456 e. The van der Waals surface area contributed by atoms with E-state index in [-0.39, 0.29) is 10.6 Å². The van der Waals surface area contributed by atoms with Gasteiger partial charge in [0.25, 0.3) is 0 Å². The van der Waals surface area contributed by atoms with E-state index in [1.165, 1.54) is 0 Å². The van der Waals surface area contributed by atoms with E-state index in [2.05, 4.69) is 0 Å². The number of nitrogens with zero attached hydrogens (tertiary/aromatic N) is 1. The Morgan fingerprint density at radius 2 is 2.33 bits per heavy atom. The van der Waals surface area contributed by atoms with Gasteiger partial charge in [0, 0.05) is 11.1 Å². The second-order valence-electron chi connectivity index (χ2n) is 3.15. The number of carbonyl (C=O) groups is 1. The average Bonchev–Trinajstić information content (AvgIpc) is 2.80. The van der Waals surface area contributed by atoms with Gasteiger partial charge >= 0.3 is 4.87 Å². The van der Waals surface area contributed by atoms with Crippen LogP contribution in [0.25, 0.3) is 0 Å². The molecule has 0 saturated carbocycles. The first-order chi connectivity index (χ1) is 7.20. The standard InChI is InChI=1S/C10H9NO3S/c1-7-6-15-10(13)11(7)4-8-2-3-9(5-12)14-8/h2-3,5-6H,4H2,1H3. The third kappa shape index (κ3) is 1.92. The first-order valence-electron chi connectivity index (χ1n) is 4.39. The van der Waals surface area contributed by atoms with Crippen LogP contribution in [0.4, 0.5) is 0 Å². The highest BCUT2D eigenvalue weighted by atomic mass is 32.1. The largest absolute Gasteiger partial charge is 0.456 e. The van der Waals surface area contributed by atoms with Crippen LogP contribution >= 0.6 is 11.3 Å². The Morgan fingerprint density at radius 1 is 1.53 bits per heavy atom. The van der Waals surface area contributed by atoms with E-state index in [9.17, 15) is 9.59 Å². The molecule has 2 heterocycles. The normalized spacial score (nSPS) is 10.5. The zero-order valence-corrected chi connectivity index (χ0v) is 8.91. The average molecular weight is 223 g/mol. The third-order valence-corrected chi connectivity index (χ3v) is 2.97. The van der Waals surface area contributed by atoms with Crippen LogP contribution in [0.2, 0.25) is 0 Å². The summed E-state index contributed by atoms with van der Waals surface area (Å²) in [6.07, 6.45) is 0.646. The molecule has 0 spiro atoms. The summed E-state index contributed by atoms with van der Waals surface area (Å²) in [5.41, 5.74) is 0.897. The molecule has 0 saturated heterocycles. The summed E-state index contributed by atoms with van der Waals surface area (Å²) < 4.78 is 6.80. The second kappa shape index (κ2) is 3.86. The quantitative estimate of drug-likeness (QED) is 0.744. The van der Waals surface area contributed by atoms with Crippen molar-refractivity contribution in [2.24, 2.45) is 0 Å². The van der Waals surface area contributed by atoms with Gasteiger partial charge in [0.15, 0.2) is 12.0 Å². The molecule has 0 aliphatic rings. The summed E-state index contributed by atoms with van der Waals surface area (Å²) >= 11 is 1.16. The maximum atomic E-state index is 11.4. The number of hydrogen-bond donors (Lipinski definition) is 0. The van der Waals surface area contributed by atoms with Gasteiger partial charge in [-0.15, -0.1) is 0 Å². The molecule has 78 valence electrons.